The summed E-state index contributed by atoms with van der Waals surface area (Å²) in [6.07, 6.45) is 1.05. The molecule has 0 radical (unpaired) electrons. The molecule has 0 aliphatic carbocycles. The number of hydrogen-bond acceptors (Lipinski definition) is 5. The molecule has 4 rings (SSSR count). The zero-order valence-electron chi connectivity index (χ0n) is 16.7. The van der Waals surface area contributed by atoms with Crippen LogP contribution in [0.4, 0.5) is 11.9 Å². The molecular weight excluding hydrogens is 418 g/mol. The topological polar surface area (TPSA) is 109 Å². The van der Waals surface area contributed by atoms with Gasteiger partial charge in [-0.2, -0.15) is 4.98 Å². The Morgan fingerprint density at radius 2 is 1.84 bits per heavy atom. The third-order valence-electron chi connectivity index (χ3n) is 5.19. The van der Waals surface area contributed by atoms with Crippen molar-refractivity contribution >= 4 is 35.4 Å². The molecule has 3 N–H and O–H groups in total. The van der Waals surface area contributed by atoms with Gasteiger partial charge in [0.05, 0.1) is 12.1 Å². The fraction of sp³-hybridized carbons (Fsp3) is 0.273. The molecule has 0 bridgehead atoms. The molecule has 2 aromatic carbocycles. The summed E-state index contributed by atoms with van der Waals surface area (Å²) in [6.45, 7) is 0. The summed E-state index contributed by atoms with van der Waals surface area (Å²) in [5.74, 6) is -0.484. The van der Waals surface area contributed by atoms with Crippen LogP contribution < -0.4 is 10.6 Å². The number of carbonyl (C=O) groups is 2. The van der Waals surface area contributed by atoms with E-state index >= 15 is 0 Å². The van der Waals surface area contributed by atoms with Crippen molar-refractivity contribution in [3.63, 3.8) is 0 Å². The van der Waals surface area contributed by atoms with Crippen LogP contribution in [0.2, 0.25) is 5.02 Å². The summed E-state index contributed by atoms with van der Waals surface area (Å²) in [5, 5.41) is 20.0. The van der Waals surface area contributed by atoms with Crippen LogP contribution in [-0.4, -0.2) is 31.7 Å². The number of benzene rings is 2. The SMILES string of the molecule is O=C(O)CCCC(=O)Nc1nc2n(n1)[C@@H](c1ccccc1)C[C@@H](c1ccc(Cl)cc1)N2. The molecule has 2 atom stereocenters. The number of carbonyl (C=O) groups excluding carboxylic acids is 1. The third kappa shape index (κ3) is 5.03. The number of amides is 1. The van der Waals surface area contributed by atoms with Gasteiger partial charge in [0.1, 0.15) is 0 Å². The number of hydrogen-bond donors (Lipinski definition) is 3. The zero-order chi connectivity index (χ0) is 21.8. The molecule has 8 nitrogen and oxygen atoms in total. The van der Waals surface area contributed by atoms with Gasteiger partial charge in [0.25, 0.3) is 5.95 Å². The molecule has 160 valence electrons. The number of anilines is 2. The highest BCUT2D eigenvalue weighted by atomic mass is 35.5. The van der Waals surface area contributed by atoms with Gasteiger partial charge >= 0.3 is 5.97 Å². The van der Waals surface area contributed by atoms with Gasteiger partial charge < -0.3 is 10.4 Å². The lowest BCUT2D eigenvalue weighted by atomic mass is 9.93. The molecule has 0 spiro atoms. The lowest BCUT2D eigenvalue weighted by Gasteiger charge is -2.31. The number of fused-ring (bicyclic) bond motifs is 1. The maximum Gasteiger partial charge on any atom is 0.303 e. The van der Waals surface area contributed by atoms with E-state index in [1.807, 2.05) is 54.6 Å². The van der Waals surface area contributed by atoms with Crippen molar-refractivity contribution < 1.29 is 14.7 Å². The minimum atomic E-state index is -0.925. The van der Waals surface area contributed by atoms with Crippen LogP contribution in [0.5, 0.6) is 0 Å². The first-order valence-electron chi connectivity index (χ1n) is 10.0. The predicted molar refractivity (Wildman–Crippen MR) is 117 cm³/mol. The van der Waals surface area contributed by atoms with Crippen LogP contribution in [-0.2, 0) is 9.59 Å². The third-order valence-corrected chi connectivity index (χ3v) is 5.44. The molecule has 2 heterocycles. The quantitative estimate of drug-likeness (QED) is 0.507. The maximum atomic E-state index is 12.1. The van der Waals surface area contributed by atoms with Crippen LogP contribution in [0.3, 0.4) is 0 Å². The Bertz CT molecular complexity index is 1070. The van der Waals surface area contributed by atoms with Gasteiger partial charge in [-0.15, -0.1) is 5.10 Å². The Morgan fingerprint density at radius 1 is 1.10 bits per heavy atom. The lowest BCUT2D eigenvalue weighted by Crippen LogP contribution is -2.28. The molecule has 3 aromatic rings. The molecule has 9 heteroatoms. The molecule has 31 heavy (non-hydrogen) atoms. The van der Waals surface area contributed by atoms with E-state index in [0.29, 0.717) is 11.0 Å². The summed E-state index contributed by atoms with van der Waals surface area (Å²) >= 11 is 6.04. The van der Waals surface area contributed by atoms with Crippen LogP contribution >= 0.6 is 11.6 Å². The number of aliphatic carboxylic acids is 1. The standard InChI is InChI=1S/C22H22ClN5O3/c23-16-11-9-14(10-12-16)17-13-18(15-5-2-1-3-6-15)28-22(24-17)26-21(27-28)25-19(29)7-4-8-20(30)31/h1-3,5-6,9-12,17-18H,4,7-8,13H2,(H,30,31)(H2,24,25,26,27,29)/t17-,18+/m0/s1. The van der Waals surface area contributed by atoms with E-state index in [4.69, 9.17) is 16.7 Å². The van der Waals surface area contributed by atoms with Gasteiger partial charge in [-0.25, -0.2) is 4.68 Å². The highest BCUT2D eigenvalue weighted by molar-refractivity contribution is 6.30. The first-order valence-corrected chi connectivity index (χ1v) is 10.4. The Balaban J connectivity index is 1.58. The fourth-order valence-electron chi connectivity index (χ4n) is 3.68. The second-order valence-electron chi connectivity index (χ2n) is 7.41. The molecule has 0 saturated heterocycles. The monoisotopic (exact) mass is 439 g/mol. The van der Waals surface area contributed by atoms with E-state index in [9.17, 15) is 9.59 Å². The first kappa shape index (κ1) is 20.9. The summed E-state index contributed by atoms with van der Waals surface area (Å²) < 4.78 is 1.79. The average molecular weight is 440 g/mol. The van der Waals surface area contributed by atoms with Gasteiger partial charge in [-0.1, -0.05) is 54.1 Å². The van der Waals surface area contributed by atoms with Gasteiger partial charge in [0, 0.05) is 17.9 Å². The molecule has 1 aliphatic heterocycles. The number of nitrogens with zero attached hydrogens (tertiary/aromatic N) is 3. The van der Waals surface area contributed by atoms with Crippen molar-refractivity contribution in [2.75, 3.05) is 10.6 Å². The highest BCUT2D eigenvalue weighted by Crippen LogP contribution is 2.38. The lowest BCUT2D eigenvalue weighted by molar-refractivity contribution is -0.137. The van der Waals surface area contributed by atoms with E-state index < -0.39 is 5.97 Å². The molecule has 0 fully saturated rings. The van der Waals surface area contributed by atoms with Crippen molar-refractivity contribution in [2.24, 2.45) is 0 Å². The van der Waals surface area contributed by atoms with Crippen LogP contribution in [0.15, 0.2) is 54.6 Å². The summed E-state index contributed by atoms with van der Waals surface area (Å²) in [7, 11) is 0. The molecule has 1 aliphatic rings. The largest absolute Gasteiger partial charge is 0.481 e. The minimum absolute atomic E-state index is 0.00158. The van der Waals surface area contributed by atoms with E-state index in [0.717, 1.165) is 17.5 Å². The van der Waals surface area contributed by atoms with Gasteiger partial charge in [-0.3, -0.25) is 14.9 Å². The summed E-state index contributed by atoms with van der Waals surface area (Å²) in [4.78, 5) is 27.3. The van der Waals surface area contributed by atoms with E-state index in [2.05, 4.69) is 20.7 Å². The minimum Gasteiger partial charge on any atom is -0.481 e. The Labute approximate surface area is 184 Å². The predicted octanol–water partition coefficient (Wildman–Crippen LogP) is 4.27. The van der Waals surface area contributed by atoms with Gasteiger partial charge in [-0.05, 0) is 36.1 Å². The number of rotatable bonds is 7. The molecular formula is C22H22ClN5O3. The average Bonchev–Trinajstić information content (AvgIpc) is 3.16. The van der Waals surface area contributed by atoms with Crippen molar-refractivity contribution in [2.45, 2.75) is 37.8 Å². The normalized spacial score (nSPS) is 17.5. The smallest absolute Gasteiger partial charge is 0.303 e. The Morgan fingerprint density at radius 3 is 2.55 bits per heavy atom. The highest BCUT2D eigenvalue weighted by Gasteiger charge is 2.31. The van der Waals surface area contributed by atoms with Crippen molar-refractivity contribution in [1.82, 2.24) is 14.8 Å². The number of aromatic nitrogens is 3. The van der Waals surface area contributed by atoms with Crippen LogP contribution in [0.1, 0.15) is 48.9 Å². The Hall–Kier alpha value is -3.39. The molecule has 1 aromatic heterocycles. The second-order valence-corrected chi connectivity index (χ2v) is 7.85. The van der Waals surface area contributed by atoms with Crippen LogP contribution in [0, 0.1) is 0 Å². The number of nitrogens with one attached hydrogen (secondary N) is 2. The van der Waals surface area contributed by atoms with E-state index in [-0.39, 0.29) is 43.2 Å². The van der Waals surface area contributed by atoms with Gasteiger partial charge in [0.15, 0.2) is 0 Å². The molecule has 1 amide bonds. The number of carboxylic acid groups (broad SMARTS) is 1. The van der Waals surface area contributed by atoms with Gasteiger partial charge in [0.2, 0.25) is 11.9 Å². The van der Waals surface area contributed by atoms with Crippen molar-refractivity contribution in [1.29, 1.82) is 0 Å². The van der Waals surface area contributed by atoms with Crippen molar-refractivity contribution in [3.8, 4) is 0 Å². The maximum absolute atomic E-state index is 12.1. The van der Waals surface area contributed by atoms with E-state index in [1.54, 1.807) is 4.68 Å². The first-order chi connectivity index (χ1) is 15.0. The second kappa shape index (κ2) is 9.18. The number of carboxylic acids is 1. The fourth-order valence-corrected chi connectivity index (χ4v) is 3.81. The van der Waals surface area contributed by atoms with E-state index in [1.165, 1.54) is 0 Å². The molecule has 0 saturated carbocycles. The van der Waals surface area contributed by atoms with Crippen molar-refractivity contribution in [3.05, 3.63) is 70.7 Å². The summed E-state index contributed by atoms with van der Waals surface area (Å²) in [5.41, 5.74) is 2.17. The Kier molecular flexibility index (Phi) is 6.18. The molecule has 0 unspecified atom stereocenters. The van der Waals surface area contributed by atoms with Crippen LogP contribution in [0.25, 0.3) is 0 Å². The number of halogens is 1. The summed E-state index contributed by atoms with van der Waals surface area (Å²) in [6, 6.07) is 17.6. The zero-order valence-corrected chi connectivity index (χ0v) is 17.4.